The summed E-state index contributed by atoms with van der Waals surface area (Å²) in [6, 6.07) is 0. The minimum atomic E-state index is -1.83. The van der Waals surface area contributed by atoms with Crippen molar-refractivity contribution in [1.82, 2.24) is 0 Å². The zero-order valence-corrected chi connectivity index (χ0v) is 23.2. The molecular weight excluding hydrogens is 480 g/mol. The maximum absolute atomic E-state index is 13.1. The molecule has 0 aromatic carbocycles. The molecule has 3 N–H and O–H groups in total. The Hall–Kier alpha value is -1.98. The minimum Gasteiger partial charge on any atom is -0.390 e. The van der Waals surface area contributed by atoms with Crippen LogP contribution < -0.4 is 0 Å². The highest BCUT2D eigenvalue weighted by atomic mass is 16.7. The SMILES string of the molecule is C=C(C)C#C[C@@]12C3C=C(C)C[C@@H]1[C@@H](O)[C@@H]1O[C@]1(CC=C(C)C)[C@]2(O)OC1C3=C[C@@H](O)[C@@H]2O[C@]12CC=C(C)C. The van der Waals surface area contributed by atoms with Crippen molar-refractivity contribution < 1.29 is 29.5 Å². The standard InChI is InChI=1S/C32H40O6/c1-17(2)8-11-29-22-14-20(7)15-23(29)25(34)28-31(37-28,13-10-19(5)6)32(29,35)38-26-21(22)16-24(33)27-30(26,36-27)12-9-18(3)4/h9-10,14,16,22-28,33-35H,1,12-13,15H2,2-7H3/t22?,23-,24-,25-,26?,27+,28+,29-,30-,31+,32-/m1/s1. The second-order valence-electron chi connectivity index (χ2n) is 12.9. The Morgan fingerprint density at radius 2 is 1.71 bits per heavy atom. The summed E-state index contributed by atoms with van der Waals surface area (Å²) in [4.78, 5) is 0. The van der Waals surface area contributed by atoms with Gasteiger partial charge >= 0.3 is 0 Å². The van der Waals surface area contributed by atoms with Gasteiger partial charge in [0.25, 0.3) is 0 Å². The first-order valence-corrected chi connectivity index (χ1v) is 13.8. The quantitative estimate of drug-likeness (QED) is 0.296. The molecule has 38 heavy (non-hydrogen) atoms. The molecule has 0 amide bonds. The van der Waals surface area contributed by atoms with Crippen LogP contribution in [0.1, 0.15) is 60.8 Å². The van der Waals surface area contributed by atoms with Crippen molar-refractivity contribution in [3.05, 3.63) is 58.7 Å². The molecule has 0 spiro atoms. The zero-order valence-electron chi connectivity index (χ0n) is 23.2. The molecule has 11 atom stereocenters. The van der Waals surface area contributed by atoms with Crippen LogP contribution >= 0.6 is 0 Å². The lowest BCUT2D eigenvalue weighted by molar-refractivity contribution is -0.358. The van der Waals surface area contributed by atoms with E-state index >= 15 is 0 Å². The molecule has 0 bridgehead atoms. The monoisotopic (exact) mass is 520 g/mol. The molecule has 6 rings (SSSR count). The van der Waals surface area contributed by atoms with Crippen LogP contribution in [0.15, 0.2) is 58.7 Å². The second kappa shape index (κ2) is 8.27. The predicted molar refractivity (Wildman–Crippen MR) is 144 cm³/mol. The van der Waals surface area contributed by atoms with Crippen LogP contribution in [0.2, 0.25) is 0 Å². The van der Waals surface area contributed by atoms with Crippen LogP contribution in [0.5, 0.6) is 0 Å². The highest BCUT2D eigenvalue weighted by molar-refractivity contribution is 5.50. The number of aliphatic hydroxyl groups excluding tert-OH is 2. The average molecular weight is 521 g/mol. The van der Waals surface area contributed by atoms with Gasteiger partial charge in [-0.2, -0.15) is 0 Å². The molecule has 6 aliphatic rings. The molecule has 3 saturated heterocycles. The molecule has 3 heterocycles. The molecule has 3 aliphatic heterocycles. The van der Waals surface area contributed by atoms with Crippen LogP contribution in [0.25, 0.3) is 0 Å². The summed E-state index contributed by atoms with van der Waals surface area (Å²) in [5.41, 5.74) is 1.75. The highest BCUT2D eigenvalue weighted by Crippen LogP contribution is 2.74. The number of hydrogen-bond acceptors (Lipinski definition) is 6. The third-order valence-electron chi connectivity index (χ3n) is 9.63. The molecular formula is C32H40O6. The van der Waals surface area contributed by atoms with Gasteiger partial charge in [0.2, 0.25) is 5.79 Å². The van der Waals surface area contributed by atoms with Gasteiger partial charge < -0.3 is 29.5 Å². The summed E-state index contributed by atoms with van der Waals surface area (Å²) >= 11 is 0. The fourth-order valence-electron chi connectivity index (χ4n) is 7.79. The van der Waals surface area contributed by atoms with E-state index in [4.69, 9.17) is 14.2 Å². The largest absolute Gasteiger partial charge is 0.390 e. The van der Waals surface area contributed by atoms with E-state index in [1.54, 1.807) is 0 Å². The third kappa shape index (κ3) is 3.24. The first-order valence-electron chi connectivity index (χ1n) is 13.8. The Labute approximate surface area is 225 Å². The van der Waals surface area contributed by atoms with Crippen LogP contribution in [0.3, 0.4) is 0 Å². The first kappa shape index (κ1) is 26.3. The van der Waals surface area contributed by atoms with Crippen LogP contribution in [-0.4, -0.2) is 62.8 Å². The number of hydrogen-bond donors (Lipinski definition) is 3. The molecule has 4 fully saturated rings. The van der Waals surface area contributed by atoms with Gasteiger partial charge in [-0.05, 0) is 59.1 Å². The lowest BCUT2D eigenvalue weighted by atomic mass is 9.45. The summed E-state index contributed by atoms with van der Waals surface area (Å²) in [6.07, 6.45) is 6.49. The normalized spacial score (nSPS) is 48.8. The van der Waals surface area contributed by atoms with E-state index in [9.17, 15) is 15.3 Å². The molecule has 0 aromatic rings. The number of fused-ring (bicyclic) bond motifs is 6. The smallest absolute Gasteiger partial charge is 0.217 e. The van der Waals surface area contributed by atoms with E-state index in [2.05, 4.69) is 37.5 Å². The minimum absolute atomic E-state index is 0.395. The van der Waals surface area contributed by atoms with E-state index in [-0.39, 0.29) is 0 Å². The number of ether oxygens (including phenoxy) is 3. The molecule has 204 valence electrons. The molecule has 6 heteroatoms. The van der Waals surface area contributed by atoms with Crippen LogP contribution in [0, 0.1) is 29.1 Å². The van der Waals surface area contributed by atoms with E-state index in [1.807, 2.05) is 46.8 Å². The van der Waals surface area contributed by atoms with Gasteiger partial charge in [-0.25, -0.2) is 0 Å². The fourth-order valence-corrected chi connectivity index (χ4v) is 7.79. The van der Waals surface area contributed by atoms with Gasteiger partial charge in [0, 0.05) is 24.7 Å². The molecule has 2 unspecified atom stereocenters. The third-order valence-corrected chi connectivity index (χ3v) is 9.63. The Morgan fingerprint density at radius 1 is 1.03 bits per heavy atom. The Morgan fingerprint density at radius 3 is 2.37 bits per heavy atom. The zero-order chi connectivity index (χ0) is 27.4. The van der Waals surface area contributed by atoms with Gasteiger partial charge in [0.05, 0.1) is 6.10 Å². The van der Waals surface area contributed by atoms with Gasteiger partial charge in [0.1, 0.15) is 35.4 Å². The summed E-state index contributed by atoms with van der Waals surface area (Å²) in [7, 11) is 0. The molecule has 6 nitrogen and oxygen atoms in total. The van der Waals surface area contributed by atoms with Crippen LogP contribution in [0.4, 0.5) is 0 Å². The fraction of sp³-hybridized carbons (Fsp3) is 0.625. The van der Waals surface area contributed by atoms with Gasteiger partial charge in [-0.15, -0.1) is 0 Å². The molecule has 0 radical (unpaired) electrons. The number of allylic oxidation sites excluding steroid dienone is 5. The van der Waals surface area contributed by atoms with E-state index in [0.29, 0.717) is 24.8 Å². The number of aliphatic hydroxyl groups is 3. The van der Waals surface area contributed by atoms with Crippen molar-refractivity contribution in [3.63, 3.8) is 0 Å². The average Bonchev–Trinajstić information content (AvgIpc) is 3.74. The summed E-state index contributed by atoms with van der Waals surface area (Å²) in [5.74, 6) is 3.95. The molecule has 1 saturated carbocycles. The predicted octanol–water partition coefficient (Wildman–Crippen LogP) is 3.89. The number of epoxide rings is 2. The lowest BCUT2D eigenvalue weighted by Gasteiger charge is -2.64. The van der Waals surface area contributed by atoms with Crippen molar-refractivity contribution in [2.24, 2.45) is 17.3 Å². The van der Waals surface area contributed by atoms with E-state index in [1.165, 1.54) is 0 Å². The lowest BCUT2D eigenvalue weighted by Crippen LogP contribution is -2.76. The van der Waals surface area contributed by atoms with Gasteiger partial charge in [-0.1, -0.05) is 59.4 Å². The van der Waals surface area contributed by atoms with Crippen molar-refractivity contribution in [1.29, 1.82) is 0 Å². The summed E-state index contributed by atoms with van der Waals surface area (Å²) < 4.78 is 19.6. The Balaban J connectivity index is 1.61. The van der Waals surface area contributed by atoms with Crippen molar-refractivity contribution in [2.75, 3.05) is 0 Å². The second-order valence-corrected chi connectivity index (χ2v) is 12.9. The van der Waals surface area contributed by atoms with E-state index in [0.717, 1.165) is 22.3 Å². The van der Waals surface area contributed by atoms with Gasteiger partial charge in [-0.3, -0.25) is 0 Å². The molecule has 3 aliphatic carbocycles. The highest BCUT2D eigenvalue weighted by Gasteiger charge is 2.88. The Bertz CT molecular complexity index is 1270. The van der Waals surface area contributed by atoms with Gasteiger partial charge in [0.15, 0.2) is 5.60 Å². The van der Waals surface area contributed by atoms with Crippen molar-refractivity contribution in [3.8, 4) is 11.8 Å². The maximum atomic E-state index is 13.1. The summed E-state index contributed by atoms with van der Waals surface area (Å²) in [5, 5.41) is 35.9. The summed E-state index contributed by atoms with van der Waals surface area (Å²) in [6.45, 7) is 16.0. The Kier molecular flexibility index (Phi) is 5.71. The number of rotatable bonds is 4. The van der Waals surface area contributed by atoms with E-state index < -0.39 is 64.8 Å². The van der Waals surface area contributed by atoms with Crippen molar-refractivity contribution >= 4 is 0 Å². The topological polar surface area (TPSA) is 95.0 Å². The maximum Gasteiger partial charge on any atom is 0.217 e. The molecule has 0 aromatic heterocycles. The first-order chi connectivity index (χ1) is 17.8. The van der Waals surface area contributed by atoms with Crippen LogP contribution in [-0.2, 0) is 14.2 Å². The van der Waals surface area contributed by atoms with Crippen molar-refractivity contribution in [2.45, 2.75) is 108 Å².